The van der Waals surface area contributed by atoms with E-state index in [0.29, 0.717) is 23.7 Å². The lowest BCUT2D eigenvalue weighted by molar-refractivity contribution is -0.142. The molecule has 6 nitrogen and oxygen atoms in total. The average Bonchev–Trinajstić information content (AvgIpc) is 3.00. The fourth-order valence-electron chi connectivity index (χ4n) is 2.84. The molecule has 1 unspecified atom stereocenters. The molecule has 1 aliphatic heterocycles. The zero-order valence-corrected chi connectivity index (χ0v) is 14.4. The van der Waals surface area contributed by atoms with E-state index in [1.807, 2.05) is 17.8 Å². The number of aromatic nitrogens is 2. The normalized spacial score (nSPS) is 17.0. The first-order valence-electron chi connectivity index (χ1n) is 7.95. The largest absolute Gasteiger partial charge is 0.378 e. The first-order chi connectivity index (χ1) is 11.5. The molecule has 24 heavy (non-hydrogen) atoms. The summed E-state index contributed by atoms with van der Waals surface area (Å²) in [4.78, 5) is 20.8. The Morgan fingerprint density at radius 1 is 1.25 bits per heavy atom. The lowest BCUT2D eigenvalue weighted by Gasteiger charge is -2.35. The number of halogens is 1. The van der Waals surface area contributed by atoms with E-state index in [-0.39, 0.29) is 5.91 Å². The first-order valence-corrected chi connectivity index (χ1v) is 8.33. The van der Waals surface area contributed by atoms with Crippen LogP contribution in [0.4, 0.5) is 0 Å². The molecule has 1 aromatic heterocycles. The summed E-state index contributed by atoms with van der Waals surface area (Å²) in [6, 6.07) is 6.72. The molecule has 0 radical (unpaired) electrons. The Morgan fingerprint density at radius 3 is 2.50 bits per heavy atom. The molecule has 2 heterocycles. The van der Waals surface area contributed by atoms with Crippen LogP contribution in [0.25, 0.3) is 0 Å². The van der Waals surface area contributed by atoms with Crippen molar-refractivity contribution in [3.8, 4) is 0 Å². The van der Waals surface area contributed by atoms with Gasteiger partial charge in [-0.05, 0) is 17.7 Å². The lowest BCUT2D eigenvalue weighted by Crippen LogP contribution is -2.49. The third-order valence-corrected chi connectivity index (χ3v) is 4.64. The standard InChI is InChI=1S/C17H21ClN4O2/c1-20-7-6-19-15(20)12-21-8-10-22(11-9-21)17(24)16(23)13-2-4-14(18)5-3-13/h2-7,16,23H,8-12H2,1H3. The highest BCUT2D eigenvalue weighted by Gasteiger charge is 2.27. The van der Waals surface area contributed by atoms with Gasteiger partial charge < -0.3 is 14.6 Å². The summed E-state index contributed by atoms with van der Waals surface area (Å²) in [5, 5.41) is 10.9. The molecule has 1 amide bonds. The number of benzene rings is 1. The van der Waals surface area contributed by atoms with Gasteiger partial charge in [0.15, 0.2) is 6.10 Å². The van der Waals surface area contributed by atoms with E-state index < -0.39 is 6.10 Å². The van der Waals surface area contributed by atoms with Crippen LogP contribution in [0.15, 0.2) is 36.7 Å². The maximum absolute atomic E-state index is 12.5. The van der Waals surface area contributed by atoms with Crippen molar-refractivity contribution in [1.82, 2.24) is 19.4 Å². The van der Waals surface area contributed by atoms with Crippen LogP contribution in [0.2, 0.25) is 5.02 Å². The van der Waals surface area contributed by atoms with Gasteiger partial charge in [-0.2, -0.15) is 0 Å². The van der Waals surface area contributed by atoms with E-state index in [4.69, 9.17) is 11.6 Å². The van der Waals surface area contributed by atoms with Crippen LogP contribution >= 0.6 is 11.6 Å². The van der Waals surface area contributed by atoms with Crippen LogP contribution in [0.5, 0.6) is 0 Å². The van der Waals surface area contributed by atoms with Crippen LogP contribution < -0.4 is 0 Å². The number of carbonyl (C=O) groups is 1. The molecule has 2 aromatic rings. The molecule has 1 aromatic carbocycles. The van der Waals surface area contributed by atoms with E-state index in [0.717, 1.165) is 25.5 Å². The molecule has 1 N–H and O–H groups in total. The number of imidazole rings is 1. The number of aryl methyl sites for hydroxylation is 1. The molecule has 0 saturated carbocycles. The van der Waals surface area contributed by atoms with Gasteiger partial charge in [0, 0.05) is 50.6 Å². The number of amides is 1. The van der Waals surface area contributed by atoms with Gasteiger partial charge >= 0.3 is 0 Å². The van der Waals surface area contributed by atoms with Crippen LogP contribution in [0.1, 0.15) is 17.5 Å². The number of carbonyl (C=O) groups excluding carboxylic acids is 1. The molecule has 1 aliphatic rings. The number of nitrogens with zero attached hydrogens (tertiary/aromatic N) is 4. The van der Waals surface area contributed by atoms with Gasteiger partial charge in [0.2, 0.25) is 0 Å². The highest BCUT2D eigenvalue weighted by atomic mass is 35.5. The predicted molar refractivity (Wildman–Crippen MR) is 91.5 cm³/mol. The summed E-state index contributed by atoms with van der Waals surface area (Å²) in [6.45, 7) is 3.52. The fourth-order valence-corrected chi connectivity index (χ4v) is 2.96. The minimum absolute atomic E-state index is 0.256. The zero-order chi connectivity index (χ0) is 17.1. The molecule has 1 atom stereocenters. The lowest BCUT2D eigenvalue weighted by atomic mass is 10.1. The second kappa shape index (κ2) is 7.34. The Hall–Kier alpha value is -1.89. The Bertz CT molecular complexity index is 693. The molecule has 3 rings (SSSR count). The second-order valence-corrected chi connectivity index (χ2v) is 6.45. The first kappa shape index (κ1) is 17.0. The number of hydrogen-bond acceptors (Lipinski definition) is 4. The van der Waals surface area contributed by atoms with Crippen molar-refractivity contribution in [3.05, 3.63) is 53.1 Å². The smallest absolute Gasteiger partial charge is 0.256 e. The third kappa shape index (κ3) is 3.77. The van der Waals surface area contributed by atoms with Crippen molar-refractivity contribution in [2.45, 2.75) is 12.6 Å². The van der Waals surface area contributed by atoms with Gasteiger partial charge in [0.1, 0.15) is 5.82 Å². The van der Waals surface area contributed by atoms with E-state index in [9.17, 15) is 9.90 Å². The molecule has 0 aliphatic carbocycles. The average molecular weight is 349 g/mol. The quantitative estimate of drug-likeness (QED) is 0.908. The van der Waals surface area contributed by atoms with Gasteiger partial charge in [-0.1, -0.05) is 23.7 Å². The number of hydrogen-bond donors (Lipinski definition) is 1. The minimum Gasteiger partial charge on any atom is -0.378 e. The highest BCUT2D eigenvalue weighted by molar-refractivity contribution is 6.30. The zero-order valence-electron chi connectivity index (χ0n) is 13.6. The minimum atomic E-state index is -1.14. The fraction of sp³-hybridized carbons (Fsp3) is 0.412. The van der Waals surface area contributed by atoms with Crippen LogP contribution in [0, 0.1) is 0 Å². The number of aliphatic hydroxyl groups excluding tert-OH is 1. The second-order valence-electron chi connectivity index (χ2n) is 6.01. The molecule has 0 bridgehead atoms. The molecule has 128 valence electrons. The van der Waals surface area contributed by atoms with Crippen LogP contribution in [-0.4, -0.2) is 56.5 Å². The van der Waals surface area contributed by atoms with Crippen molar-refractivity contribution in [2.75, 3.05) is 26.2 Å². The topological polar surface area (TPSA) is 61.6 Å². The summed E-state index contributed by atoms with van der Waals surface area (Å²) in [6.07, 6.45) is 2.58. The molecular formula is C17H21ClN4O2. The molecule has 1 saturated heterocycles. The summed E-state index contributed by atoms with van der Waals surface area (Å²) < 4.78 is 2.00. The van der Waals surface area contributed by atoms with Crippen LogP contribution in [-0.2, 0) is 18.4 Å². The molecular weight excluding hydrogens is 328 g/mol. The number of piperazine rings is 1. The van der Waals surface area contributed by atoms with Crippen molar-refractivity contribution in [2.24, 2.45) is 7.05 Å². The number of rotatable bonds is 4. The van der Waals surface area contributed by atoms with Crippen molar-refractivity contribution >= 4 is 17.5 Å². The Morgan fingerprint density at radius 2 is 1.92 bits per heavy atom. The third-order valence-electron chi connectivity index (χ3n) is 4.39. The summed E-state index contributed by atoms with van der Waals surface area (Å²) >= 11 is 5.84. The van der Waals surface area contributed by atoms with E-state index in [2.05, 4.69) is 9.88 Å². The monoisotopic (exact) mass is 348 g/mol. The maximum atomic E-state index is 12.5. The van der Waals surface area contributed by atoms with E-state index in [1.165, 1.54) is 0 Å². The van der Waals surface area contributed by atoms with E-state index >= 15 is 0 Å². The molecule has 1 fully saturated rings. The summed E-state index contributed by atoms with van der Waals surface area (Å²) in [5.74, 6) is 0.755. The van der Waals surface area contributed by atoms with E-state index in [1.54, 1.807) is 35.4 Å². The highest BCUT2D eigenvalue weighted by Crippen LogP contribution is 2.19. The van der Waals surface area contributed by atoms with Crippen molar-refractivity contribution in [3.63, 3.8) is 0 Å². The van der Waals surface area contributed by atoms with Crippen molar-refractivity contribution in [1.29, 1.82) is 0 Å². The Kier molecular flexibility index (Phi) is 5.18. The molecule has 0 spiro atoms. The van der Waals surface area contributed by atoms with Gasteiger partial charge in [-0.3, -0.25) is 9.69 Å². The van der Waals surface area contributed by atoms with Gasteiger partial charge in [0.05, 0.1) is 6.54 Å². The van der Waals surface area contributed by atoms with Gasteiger partial charge in [-0.25, -0.2) is 4.98 Å². The van der Waals surface area contributed by atoms with Crippen LogP contribution in [0.3, 0.4) is 0 Å². The maximum Gasteiger partial charge on any atom is 0.256 e. The van der Waals surface area contributed by atoms with Gasteiger partial charge in [0.25, 0.3) is 5.91 Å². The summed E-state index contributed by atoms with van der Waals surface area (Å²) in [7, 11) is 1.98. The SMILES string of the molecule is Cn1ccnc1CN1CCN(C(=O)C(O)c2ccc(Cl)cc2)CC1. The number of aliphatic hydroxyl groups is 1. The van der Waals surface area contributed by atoms with Gasteiger partial charge in [-0.15, -0.1) is 0 Å². The summed E-state index contributed by atoms with van der Waals surface area (Å²) in [5.41, 5.74) is 0.569. The molecule has 7 heteroatoms. The van der Waals surface area contributed by atoms with Crippen molar-refractivity contribution < 1.29 is 9.90 Å². The Labute approximate surface area is 146 Å². The predicted octanol–water partition coefficient (Wildman–Crippen LogP) is 1.45. The Balaban J connectivity index is 1.55.